The molecule has 0 saturated heterocycles. The molecule has 1 aromatic carbocycles. The molecule has 1 unspecified atom stereocenters. The minimum Gasteiger partial charge on any atom is -0.322 e. The van der Waals surface area contributed by atoms with Crippen molar-refractivity contribution < 1.29 is 8.78 Å². The highest BCUT2D eigenvalue weighted by Crippen LogP contribution is 2.34. The van der Waals surface area contributed by atoms with E-state index in [1.165, 1.54) is 23.5 Å². The van der Waals surface area contributed by atoms with Crippen LogP contribution in [-0.4, -0.2) is 4.98 Å². The Morgan fingerprint density at radius 1 is 1.26 bits per heavy atom. The molecule has 2 aromatic rings. The van der Waals surface area contributed by atoms with Crippen molar-refractivity contribution in [2.24, 2.45) is 11.1 Å². The highest BCUT2D eigenvalue weighted by atomic mass is 32.1. The Kier molecular flexibility index (Phi) is 3.69. The number of hydrogen-bond donors (Lipinski definition) is 1. The van der Waals surface area contributed by atoms with Crippen molar-refractivity contribution in [3.8, 4) is 11.3 Å². The van der Waals surface area contributed by atoms with Crippen LogP contribution in [0.4, 0.5) is 8.78 Å². The second-order valence-electron chi connectivity index (χ2n) is 5.54. The Balaban J connectivity index is 2.36. The predicted molar refractivity (Wildman–Crippen MR) is 73.8 cm³/mol. The first-order valence-electron chi connectivity index (χ1n) is 5.95. The van der Waals surface area contributed by atoms with Gasteiger partial charge >= 0.3 is 0 Å². The number of hydrogen-bond acceptors (Lipinski definition) is 3. The lowest BCUT2D eigenvalue weighted by atomic mass is 9.88. The highest BCUT2D eigenvalue weighted by molar-refractivity contribution is 7.10. The van der Waals surface area contributed by atoms with Crippen LogP contribution in [0.2, 0.25) is 0 Å². The van der Waals surface area contributed by atoms with Crippen LogP contribution in [0, 0.1) is 17.0 Å². The van der Waals surface area contributed by atoms with Gasteiger partial charge in [0.05, 0.1) is 11.7 Å². The average Bonchev–Trinajstić information content (AvgIpc) is 2.75. The number of aromatic nitrogens is 1. The van der Waals surface area contributed by atoms with Gasteiger partial charge in [0, 0.05) is 17.0 Å². The van der Waals surface area contributed by atoms with Crippen molar-refractivity contribution in [2.45, 2.75) is 26.8 Å². The first-order valence-corrected chi connectivity index (χ1v) is 6.83. The summed E-state index contributed by atoms with van der Waals surface area (Å²) in [5.41, 5.74) is 6.80. The molecule has 0 spiro atoms. The quantitative estimate of drug-likeness (QED) is 0.899. The van der Waals surface area contributed by atoms with Crippen LogP contribution in [0.1, 0.15) is 31.8 Å². The average molecular weight is 282 g/mol. The molecule has 0 saturated carbocycles. The summed E-state index contributed by atoms with van der Waals surface area (Å²) < 4.78 is 26.5. The van der Waals surface area contributed by atoms with E-state index in [1.54, 1.807) is 5.38 Å². The molecule has 1 aromatic heterocycles. The van der Waals surface area contributed by atoms with E-state index in [1.807, 2.05) is 20.8 Å². The minimum absolute atomic E-state index is 0.115. The number of benzene rings is 1. The van der Waals surface area contributed by atoms with Crippen molar-refractivity contribution >= 4 is 11.3 Å². The van der Waals surface area contributed by atoms with Gasteiger partial charge in [-0.2, -0.15) is 0 Å². The molecule has 1 atom stereocenters. The van der Waals surface area contributed by atoms with Crippen LogP contribution in [0.25, 0.3) is 11.3 Å². The molecular weight excluding hydrogens is 266 g/mol. The molecule has 0 radical (unpaired) electrons. The molecule has 0 fully saturated rings. The molecule has 2 nitrogen and oxygen atoms in total. The molecule has 1 heterocycles. The van der Waals surface area contributed by atoms with Crippen LogP contribution in [0.5, 0.6) is 0 Å². The third-order valence-electron chi connectivity index (χ3n) is 2.93. The van der Waals surface area contributed by atoms with Gasteiger partial charge in [-0.1, -0.05) is 20.8 Å². The summed E-state index contributed by atoms with van der Waals surface area (Å²) in [6.07, 6.45) is 0. The lowest BCUT2D eigenvalue weighted by Gasteiger charge is -2.24. The molecule has 19 heavy (non-hydrogen) atoms. The van der Waals surface area contributed by atoms with Crippen LogP contribution in [-0.2, 0) is 0 Å². The number of halogens is 2. The van der Waals surface area contributed by atoms with E-state index in [0.29, 0.717) is 11.3 Å². The van der Waals surface area contributed by atoms with Crippen molar-refractivity contribution in [1.29, 1.82) is 0 Å². The SMILES string of the molecule is CC(C)(C)C(N)c1nc(-c2ccc(F)cc2F)cs1. The summed E-state index contributed by atoms with van der Waals surface area (Å²) in [7, 11) is 0. The van der Waals surface area contributed by atoms with Gasteiger partial charge in [-0.3, -0.25) is 0 Å². The van der Waals surface area contributed by atoms with Gasteiger partial charge in [0.2, 0.25) is 0 Å². The van der Waals surface area contributed by atoms with E-state index in [0.717, 1.165) is 11.1 Å². The maximum absolute atomic E-state index is 13.7. The van der Waals surface area contributed by atoms with Crippen molar-refractivity contribution in [3.63, 3.8) is 0 Å². The third kappa shape index (κ3) is 2.98. The fraction of sp³-hybridized carbons (Fsp3) is 0.357. The Hall–Kier alpha value is -1.33. The number of thiazole rings is 1. The van der Waals surface area contributed by atoms with Crippen LogP contribution < -0.4 is 5.73 Å². The number of rotatable bonds is 2. The van der Waals surface area contributed by atoms with Gasteiger partial charge in [0.1, 0.15) is 16.6 Å². The second-order valence-corrected chi connectivity index (χ2v) is 6.43. The first kappa shape index (κ1) is 14.1. The maximum atomic E-state index is 13.7. The zero-order valence-corrected chi connectivity index (χ0v) is 11.9. The fourth-order valence-corrected chi connectivity index (χ4v) is 2.69. The van der Waals surface area contributed by atoms with E-state index >= 15 is 0 Å². The molecule has 0 amide bonds. The van der Waals surface area contributed by atoms with Gasteiger partial charge in [-0.15, -0.1) is 11.3 Å². The summed E-state index contributed by atoms with van der Waals surface area (Å²) in [6.45, 7) is 6.08. The maximum Gasteiger partial charge on any atom is 0.135 e. The van der Waals surface area contributed by atoms with Crippen LogP contribution in [0.3, 0.4) is 0 Å². The van der Waals surface area contributed by atoms with E-state index < -0.39 is 11.6 Å². The summed E-state index contributed by atoms with van der Waals surface area (Å²) in [4.78, 5) is 4.37. The molecule has 2 N–H and O–H groups in total. The first-order chi connectivity index (χ1) is 8.79. The molecule has 0 aliphatic carbocycles. The van der Waals surface area contributed by atoms with E-state index in [-0.39, 0.29) is 11.5 Å². The van der Waals surface area contributed by atoms with Crippen LogP contribution >= 0.6 is 11.3 Å². The molecule has 2 rings (SSSR count). The molecule has 0 bridgehead atoms. The fourth-order valence-electron chi connectivity index (χ4n) is 1.62. The lowest BCUT2D eigenvalue weighted by Crippen LogP contribution is -2.26. The van der Waals surface area contributed by atoms with Gasteiger partial charge < -0.3 is 5.73 Å². The third-order valence-corrected chi connectivity index (χ3v) is 3.86. The normalized spacial score (nSPS) is 13.6. The van der Waals surface area contributed by atoms with Crippen molar-refractivity contribution in [3.05, 3.63) is 40.2 Å². The van der Waals surface area contributed by atoms with Gasteiger partial charge in [0.15, 0.2) is 0 Å². The molecular formula is C14H16F2N2S. The standard InChI is InChI=1S/C14H16F2N2S/c1-14(2,3)12(17)13-18-11(7-19-13)9-5-4-8(15)6-10(9)16/h4-7,12H,17H2,1-3H3. The summed E-state index contributed by atoms with van der Waals surface area (Å²) in [5.74, 6) is -1.20. The van der Waals surface area contributed by atoms with Gasteiger partial charge in [-0.05, 0) is 17.5 Å². The van der Waals surface area contributed by atoms with Gasteiger partial charge in [-0.25, -0.2) is 13.8 Å². The summed E-state index contributed by atoms with van der Waals surface area (Å²) in [5, 5.41) is 2.50. The highest BCUT2D eigenvalue weighted by Gasteiger charge is 2.25. The topological polar surface area (TPSA) is 38.9 Å². The summed E-state index contributed by atoms with van der Waals surface area (Å²) >= 11 is 1.40. The van der Waals surface area contributed by atoms with Gasteiger partial charge in [0.25, 0.3) is 0 Å². The molecule has 0 aliphatic heterocycles. The molecule has 5 heteroatoms. The lowest BCUT2D eigenvalue weighted by molar-refractivity contribution is 0.326. The molecule has 102 valence electrons. The Morgan fingerprint density at radius 3 is 2.53 bits per heavy atom. The number of nitrogens with zero attached hydrogens (tertiary/aromatic N) is 1. The zero-order chi connectivity index (χ0) is 14.2. The van der Waals surface area contributed by atoms with Crippen LogP contribution in [0.15, 0.2) is 23.6 Å². The summed E-state index contributed by atoms with van der Waals surface area (Å²) in [6, 6.07) is 3.26. The van der Waals surface area contributed by atoms with E-state index in [2.05, 4.69) is 4.98 Å². The van der Waals surface area contributed by atoms with E-state index in [9.17, 15) is 8.78 Å². The van der Waals surface area contributed by atoms with Crippen molar-refractivity contribution in [1.82, 2.24) is 4.98 Å². The second kappa shape index (κ2) is 4.98. The number of nitrogens with two attached hydrogens (primary N) is 1. The zero-order valence-electron chi connectivity index (χ0n) is 11.1. The van der Waals surface area contributed by atoms with E-state index in [4.69, 9.17) is 5.73 Å². The minimum atomic E-state index is -0.610. The van der Waals surface area contributed by atoms with Crippen molar-refractivity contribution in [2.75, 3.05) is 0 Å². The monoisotopic (exact) mass is 282 g/mol. The Labute approximate surface area is 115 Å². The molecule has 0 aliphatic rings. The Bertz CT molecular complexity index is 587. The smallest absolute Gasteiger partial charge is 0.135 e. The largest absolute Gasteiger partial charge is 0.322 e. The predicted octanol–water partition coefficient (Wildman–Crippen LogP) is 4.13. The Morgan fingerprint density at radius 2 is 1.95 bits per heavy atom.